The summed E-state index contributed by atoms with van der Waals surface area (Å²) in [6.07, 6.45) is 3.96. The third-order valence-electron chi connectivity index (χ3n) is 0.782. The number of carbonyl (C=O) groups is 1. The molecular formula is C5H6N2O5P+. The van der Waals surface area contributed by atoms with Gasteiger partial charge in [0, 0.05) is 17.0 Å². The fourth-order valence-corrected chi connectivity index (χ4v) is 0.410. The topological polar surface area (TPSA) is 121 Å². The number of hydrogen-bond acceptors (Lipinski definition) is 4. The molecule has 0 aromatic carbocycles. The molecule has 1 aromatic rings. The van der Waals surface area contributed by atoms with E-state index in [9.17, 15) is 4.79 Å². The predicted octanol–water partition coefficient (Wildman–Crippen LogP) is -0.197. The molecule has 0 fully saturated rings. The minimum Gasteiger partial charge on any atom is -0.476 e. The summed E-state index contributed by atoms with van der Waals surface area (Å²) >= 11 is 0. The molecule has 1 aromatic heterocycles. The fraction of sp³-hybridized carbons (Fsp3) is 0. The lowest BCUT2D eigenvalue weighted by atomic mass is 10.5. The van der Waals surface area contributed by atoms with Crippen molar-refractivity contribution >= 4 is 14.2 Å². The Balaban J connectivity index is 0.000000310. The Kier molecular flexibility index (Phi) is 5.45. The first-order chi connectivity index (χ1) is 6.04. The molecule has 7 nitrogen and oxygen atoms in total. The van der Waals surface area contributed by atoms with Crippen LogP contribution in [-0.2, 0) is 4.57 Å². The molecule has 0 aliphatic heterocycles. The summed E-state index contributed by atoms with van der Waals surface area (Å²) in [7, 11) is -2.87. The smallest absolute Gasteiger partial charge is 0.476 e. The van der Waals surface area contributed by atoms with E-state index >= 15 is 0 Å². The third-order valence-corrected chi connectivity index (χ3v) is 0.782. The lowest BCUT2D eigenvalue weighted by Gasteiger charge is -1.86. The molecule has 1 rings (SSSR count). The van der Waals surface area contributed by atoms with Gasteiger partial charge in [0.2, 0.25) is 0 Å². The fourth-order valence-electron chi connectivity index (χ4n) is 0.410. The summed E-state index contributed by atoms with van der Waals surface area (Å²) in [6, 6.07) is 0. The van der Waals surface area contributed by atoms with Crippen LogP contribution >= 0.6 is 8.25 Å². The maximum Gasteiger partial charge on any atom is 0.692 e. The molecule has 1 heterocycles. The lowest BCUT2D eigenvalue weighted by molar-refractivity contribution is 0.0690. The zero-order chi connectivity index (χ0) is 10.3. The minimum atomic E-state index is -2.87. The highest BCUT2D eigenvalue weighted by Crippen LogP contribution is 1.98. The molecule has 0 aliphatic rings. The Labute approximate surface area is 73.7 Å². The van der Waals surface area contributed by atoms with Gasteiger partial charge < -0.3 is 5.11 Å². The molecule has 0 radical (unpaired) electrons. The number of aromatic carboxylic acids is 1. The normalized spacial score (nSPS) is 8.15. The van der Waals surface area contributed by atoms with Crippen molar-refractivity contribution in [3.63, 3.8) is 0 Å². The highest BCUT2D eigenvalue weighted by atomic mass is 31.1. The number of aromatic nitrogens is 2. The highest BCUT2D eigenvalue weighted by molar-refractivity contribution is 7.30. The van der Waals surface area contributed by atoms with Crippen molar-refractivity contribution < 1.29 is 24.3 Å². The van der Waals surface area contributed by atoms with E-state index in [0.717, 1.165) is 0 Å². The summed E-state index contributed by atoms with van der Waals surface area (Å²) in [4.78, 5) is 31.4. The van der Waals surface area contributed by atoms with Crippen molar-refractivity contribution in [3.05, 3.63) is 24.3 Å². The molecule has 0 atom stereocenters. The van der Waals surface area contributed by atoms with E-state index in [1.807, 2.05) is 0 Å². The molecule has 0 saturated carbocycles. The molecule has 70 valence electrons. The molecule has 0 amide bonds. The van der Waals surface area contributed by atoms with Crippen LogP contribution in [0.2, 0.25) is 0 Å². The van der Waals surface area contributed by atoms with Crippen molar-refractivity contribution in [1.29, 1.82) is 0 Å². The largest absolute Gasteiger partial charge is 0.692 e. The molecular weight excluding hydrogens is 199 g/mol. The first-order valence-electron chi connectivity index (χ1n) is 2.88. The van der Waals surface area contributed by atoms with E-state index in [1.165, 1.54) is 18.6 Å². The predicted molar refractivity (Wildman–Crippen MR) is 41.0 cm³/mol. The Morgan fingerprint density at radius 3 is 2.15 bits per heavy atom. The SMILES string of the molecule is O=C(O)c1cnccn1.O=[P+](O)O. The average Bonchev–Trinajstić information content (AvgIpc) is 2.05. The van der Waals surface area contributed by atoms with Crippen molar-refractivity contribution in [1.82, 2.24) is 9.97 Å². The van der Waals surface area contributed by atoms with Crippen LogP contribution in [0.3, 0.4) is 0 Å². The summed E-state index contributed by atoms with van der Waals surface area (Å²) in [6.45, 7) is 0. The Morgan fingerprint density at radius 2 is 1.92 bits per heavy atom. The zero-order valence-corrected chi connectivity index (χ0v) is 7.13. The van der Waals surface area contributed by atoms with Crippen LogP contribution in [0.25, 0.3) is 0 Å². The minimum absolute atomic E-state index is 0.0301. The van der Waals surface area contributed by atoms with Gasteiger partial charge in [-0.25, -0.2) is 9.78 Å². The van der Waals surface area contributed by atoms with E-state index in [-0.39, 0.29) is 5.69 Å². The van der Waals surface area contributed by atoms with Crippen LogP contribution in [0.5, 0.6) is 0 Å². The molecule has 0 aliphatic carbocycles. The third kappa shape index (κ3) is 6.95. The molecule has 0 unspecified atom stereocenters. The monoisotopic (exact) mass is 205 g/mol. The Hall–Kier alpha value is -1.43. The van der Waals surface area contributed by atoms with Gasteiger partial charge in [0.25, 0.3) is 0 Å². The van der Waals surface area contributed by atoms with Crippen molar-refractivity contribution in [2.24, 2.45) is 0 Å². The lowest BCUT2D eigenvalue weighted by Crippen LogP contribution is -1.99. The van der Waals surface area contributed by atoms with Gasteiger partial charge in [-0.3, -0.25) is 4.98 Å². The molecule has 8 heteroatoms. The van der Waals surface area contributed by atoms with Gasteiger partial charge >= 0.3 is 14.2 Å². The van der Waals surface area contributed by atoms with Crippen LogP contribution in [0.4, 0.5) is 0 Å². The maximum atomic E-state index is 10.1. The standard InChI is InChI=1S/C5H4N2O2.HO3P/c8-5(9)4-3-6-1-2-7-4;1-4(2)3/h1-3H,(H,8,9);(H-,1,2,3)/p+1. The quantitative estimate of drug-likeness (QED) is 0.543. The van der Waals surface area contributed by atoms with Gasteiger partial charge in [-0.15, -0.1) is 9.79 Å². The van der Waals surface area contributed by atoms with Crippen molar-refractivity contribution in [2.75, 3.05) is 0 Å². The van der Waals surface area contributed by atoms with Gasteiger partial charge in [-0.05, 0) is 0 Å². The van der Waals surface area contributed by atoms with E-state index in [0.29, 0.717) is 0 Å². The van der Waals surface area contributed by atoms with Gasteiger partial charge in [-0.1, -0.05) is 0 Å². The number of carboxylic acids is 1. The number of carboxylic acid groups (broad SMARTS) is 1. The molecule has 3 N–H and O–H groups in total. The van der Waals surface area contributed by atoms with E-state index in [2.05, 4.69) is 9.97 Å². The molecule has 13 heavy (non-hydrogen) atoms. The van der Waals surface area contributed by atoms with E-state index in [4.69, 9.17) is 19.5 Å². The first-order valence-corrected chi connectivity index (χ1v) is 4.05. The van der Waals surface area contributed by atoms with Gasteiger partial charge in [-0.2, -0.15) is 0 Å². The van der Waals surface area contributed by atoms with Crippen molar-refractivity contribution in [2.45, 2.75) is 0 Å². The zero-order valence-electron chi connectivity index (χ0n) is 6.23. The molecule has 0 bridgehead atoms. The van der Waals surface area contributed by atoms with Crippen LogP contribution < -0.4 is 0 Å². The Morgan fingerprint density at radius 1 is 1.38 bits per heavy atom. The second-order valence-electron chi connectivity index (χ2n) is 1.65. The molecule has 0 spiro atoms. The van der Waals surface area contributed by atoms with Crippen LogP contribution in [0.1, 0.15) is 10.5 Å². The summed E-state index contributed by atoms with van der Waals surface area (Å²) in [5, 5.41) is 8.28. The van der Waals surface area contributed by atoms with Crippen LogP contribution in [0.15, 0.2) is 18.6 Å². The molecule has 0 saturated heterocycles. The van der Waals surface area contributed by atoms with Crippen LogP contribution in [-0.4, -0.2) is 30.8 Å². The maximum absolute atomic E-state index is 10.1. The average molecular weight is 205 g/mol. The van der Waals surface area contributed by atoms with E-state index < -0.39 is 14.2 Å². The summed E-state index contributed by atoms with van der Waals surface area (Å²) < 4.78 is 8.70. The van der Waals surface area contributed by atoms with E-state index in [1.54, 1.807) is 0 Å². The van der Waals surface area contributed by atoms with Crippen molar-refractivity contribution in [3.8, 4) is 0 Å². The first kappa shape index (κ1) is 11.6. The second kappa shape index (κ2) is 6.13. The summed E-state index contributed by atoms with van der Waals surface area (Å²) in [5.74, 6) is -1.05. The second-order valence-corrected chi connectivity index (χ2v) is 2.15. The van der Waals surface area contributed by atoms with Gasteiger partial charge in [0.15, 0.2) is 5.69 Å². The van der Waals surface area contributed by atoms with Crippen LogP contribution in [0, 0.1) is 0 Å². The van der Waals surface area contributed by atoms with Gasteiger partial charge in [0.05, 0.1) is 6.20 Å². The summed E-state index contributed by atoms with van der Waals surface area (Å²) in [5.41, 5.74) is -0.0301. The Bertz CT molecular complexity index is 286. The number of rotatable bonds is 1. The number of nitrogens with zero attached hydrogens (tertiary/aromatic N) is 2. The van der Waals surface area contributed by atoms with Gasteiger partial charge in [0.1, 0.15) is 0 Å². The highest BCUT2D eigenvalue weighted by Gasteiger charge is 2.00. The number of hydrogen-bond donors (Lipinski definition) is 3.